The van der Waals surface area contributed by atoms with Gasteiger partial charge in [-0.3, -0.25) is 9.59 Å². The number of aryl methyl sites for hydroxylation is 2. The highest BCUT2D eigenvalue weighted by Crippen LogP contribution is 2.15. The van der Waals surface area contributed by atoms with Gasteiger partial charge < -0.3 is 10.1 Å². The highest BCUT2D eigenvalue weighted by Gasteiger charge is 2.18. The van der Waals surface area contributed by atoms with Crippen molar-refractivity contribution >= 4 is 17.7 Å². The number of esters is 1. The summed E-state index contributed by atoms with van der Waals surface area (Å²) in [5, 5.41) is 6.70. The zero-order valence-electron chi connectivity index (χ0n) is 14.1. The third-order valence-electron chi connectivity index (χ3n) is 3.67. The molecule has 2 heterocycles. The summed E-state index contributed by atoms with van der Waals surface area (Å²) in [6, 6.07) is 0. The van der Waals surface area contributed by atoms with Crippen molar-refractivity contribution in [2.24, 2.45) is 0 Å². The molecular formula is C16H21N5O3. The summed E-state index contributed by atoms with van der Waals surface area (Å²) in [5.74, 6) is -0.251. The number of hydrogen-bond acceptors (Lipinski definition) is 6. The van der Waals surface area contributed by atoms with Crippen molar-refractivity contribution in [1.82, 2.24) is 24.9 Å². The maximum absolute atomic E-state index is 12.0. The number of rotatable bonds is 7. The van der Waals surface area contributed by atoms with Gasteiger partial charge >= 0.3 is 5.97 Å². The minimum atomic E-state index is -0.837. The van der Waals surface area contributed by atoms with Crippen LogP contribution in [0.4, 0.5) is 0 Å². The van der Waals surface area contributed by atoms with Crippen LogP contribution < -0.4 is 5.32 Å². The number of aromatic nitrogens is 4. The van der Waals surface area contributed by atoms with E-state index in [-0.39, 0.29) is 12.3 Å². The van der Waals surface area contributed by atoms with E-state index in [1.54, 1.807) is 10.6 Å². The maximum Gasteiger partial charge on any atom is 0.306 e. The molecule has 0 unspecified atom stereocenters. The molecule has 0 saturated heterocycles. The molecule has 0 spiro atoms. The van der Waals surface area contributed by atoms with Gasteiger partial charge in [0.1, 0.15) is 6.33 Å². The van der Waals surface area contributed by atoms with Gasteiger partial charge in [0, 0.05) is 24.4 Å². The molecule has 8 heteroatoms. The number of ether oxygens (including phenoxy) is 1. The molecule has 0 radical (unpaired) electrons. The Labute approximate surface area is 139 Å². The van der Waals surface area contributed by atoms with E-state index in [1.807, 2.05) is 13.8 Å². The molecule has 0 aromatic carbocycles. The van der Waals surface area contributed by atoms with Crippen LogP contribution in [0.1, 0.15) is 30.3 Å². The lowest BCUT2D eigenvalue weighted by Gasteiger charge is -2.14. The van der Waals surface area contributed by atoms with Gasteiger partial charge in [-0.1, -0.05) is 6.08 Å². The first-order valence-electron chi connectivity index (χ1n) is 7.68. The van der Waals surface area contributed by atoms with Crippen LogP contribution in [-0.2, 0) is 20.7 Å². The predicted molar refractivity (Wildman–Crippen MR) is 87.3 cm³/mol. The summed E-state index contributed by atoms with van der Waals surface area (Å²) in [5.41, 5.74) is 2.62. The molecule has 0 aliphatic heterocycles. The number of carbonyl (C=O) groups excluding carboxylic acids is 2. The molecule has 2 aromatic heterocycles. The Kier molecular flexibility index (Phi) is 5.62. The van der Waals surface area contributed by atoms with Gasteiger partial charge in [-0.15, -0.1) is 6.58 Å². The Morgan fingerprint density at radius 3 is 2.92 bits per heavy atom. The van der Waals surface area contributed by atoms with E-state index in [2.05, 4.69) is 27.0 Å². The monoisotopic (exact) mass is 331 g/mol. The number of amides is 1. The highest BCUT2D eigenvalue weighted by atomic mass is 16.5. The average molecular weight is 331 g/mol. The van der Waals surface area contributed by atoms with Crippen LogP contribution in [0.5, 0.6) is 0 Å². The zero-order valence-corrected chi connectivity index (χ0v) is 14.1. The van der Waals surface area contributed by atoms with Gasteiger partial charge in [-0.05, 0) is 32.8 Å². The largest absolute Gasteiger partial charge is 0.453 e. The summed E-state index contributed by atoms with van der Waals surface area (Å²) in [6.45, 7) is 9.16. The minimum absolute atomic E-state index is 0.155. The fourth-order valence-corrected chi connectivity index (χ4v) is 2.37. The standard InChI is InChI=1S/C16H21N5O3/c1-5-8-17-15(23)12(4)24-14(22)7-6-13-10(2)20-16-18-9-19-21(16)11(13)3/h5,9,12H,1,6-8H2,2-4H3,(H,17,23)/t12-/m0/s1. The second kappa shape index (κ2) is 7.67. The first-order valence-corrected chi connectivity index (χ1v) is 7.68. The van der Waals surface area contributed by atoms with Gasteiger partial charge in [-0.25, -0.2) is 9.50 Å². The second-order valence-electron chi connectivity index (χ2n) is 5.40. The molecule has 0 saturated carbocycles. The van der Waals surface area contributed by atoms with Gasteiger partial charge in [0.25, 0.3) is 11.7 Å². The molecule has 8 nitrogen and oxygen atoms in total. The summed E-state index contributed by atoms with van der Waals surface area (Å²) >= 11 is 0. The number of carbonyl (C=O) groups is 2. The van der Waals surface area contributed by atoms with Crippen LogP contribution >= 0.6 is 0 Å². The van der Waals surface area contributed by atoms with Crippen LogP contribution in [0.2, 0.25) is 0 Å². The first kappa shape index (κ1) is 17.6. The summed E-state index contributed by atoms with van der Waals surface area (Å²) < 4.78 is 6.78. The topological polar surface area (TPSA) is 98.5 Å². The number of hydrogen-bond donors (Lipinski definition) is 1. The lowest BCUT2D eigenvalue weighted by Crippen LogP contribution is -2.35. The molecule has 0 fully saturated rings. The van der Waals surface area contributed by atoms with Crippen molar-refractivity contribution in [3.63, 3.8) is 0 Å². The Morgan fingerprint density at radius 1 is 1.46 bits per heavy atom. The quantitative estimate of drug-likeness (QED) is 0.598. The molecule has 1 N–H and O–H groups in total. The van der Waals surface area contributed by atoms with Crippen molar-refractivity contribution in [2.45, 2.75) is 39.7 Å². The molecule has 1 atom stereocenters. The average Bonchev–Trinajstić information content (AvgIpc) is 3.00. The Balaban J connectivity index is 1.97. The molecule has 24 heavy (non-hydrogen) atoms. The summed E-state index contributed by atoms with van der Waals surface area (Å²) in [6.07, 6.45) is 2.78. The van der Waals surface area contributed by atoms with Crippen LogP contribution in [0, 0.1) is 13.8 Å². The lowest BCUT2D eigenvalue weighted by molar-refractivity contribution is -0.154. The van der Waals surface area contributed by atoms with Gasteiger partial charge in [0.15, 0.2) is 6.10 Å². The smallest absolute Gasteiger partial charge is 0.306 e. The number of nitrogens with zero attached hydrogens (tertiary/aromatic N) is 4. The molecule has 2 rings (SSSR count). The van der Waals surface area contributed by atoms with Crippen LogP contribution in [0.3, 0.4) is 0 Å². The third kappa shape index (κ3) is 3.95. The third-order valence-corrected chi connectivity index (χ3v) is 3.67. The molecule has 2 aromatic rings. The number of nitrogens with one attached hydrogen (secondary N) is 1. The van der Waals surface area contributed by atoms with Gasteiger partial charge in [0.05, 0.1) is 0 Å². The summed E-state index contributed by atoms with van der Waals surface area (Å²) in [4.78, 5) is 32.1. The Bertz CT molecular complexity index is 768. The Hall–Kier alpha value is -2.77. The van der Waals surface area contributed by atoms with Gasteiger partial charge in [-0.2, -0.15) is 10.1 Å². The molecule has 128 valence electrons. The fraction of sp³-hybridized carbons (Fsp3) is 0.438. The number of fused-ring (bicyclic) bond motifs is 1. The van der Waals surface area contributed by atoms with Crippen molar-refractivity contribution in [1.29, 1.82) is 0 Å². The van der Waals surface area contributed by atoms with Crippen LogP contribution in [-0.4, -0.2) is 44.1 Å². The Morgan fingerprint density at radius 2 is 2.21 bits per heavy atom. The summed E-state index contributed by atoms with van der Waals surface area (Å²) in [7, 11) is 0. The van der Waals surface area contributed by atoms with E-state index in [0.29, 0.717) is 18.7 Å². The lowest BCUT2D eigenvalue weighted by atomic mass is 10.1. The normalized spacial score (nSPS) is 12.0. The molecular weight excluding hydrogens is 310 g/mol. The van der Waals surface area contributed by atoms with Crippen molar-refractivity contribution in [3.05, 3.63) is 35.9 Å². The van der Waals surface area contributed by atoms with Crippen molar-refractivity contribution in [3.8, 4) is 0 Å². The molecule has 0 bridgehead atoms. The maximum atomic E-state index is 12.0. The predicted octanol–water partition coefficient (Wildman–Crippen LogP) is 0.908. The molecule has 0 aliphatic rings. The van der Waals surface area contributed by atoms with E-state index >= 15 is 0 Å². The first-order chi connectivity index (χ1) is 11.4. The fourth-order valence-electron chi connectivity index (χ4n) is 2.37. The SMILES string of the molecule is C=CCNC(=O)[C@H](C)OC(=O)CCc1c(C)nc2ncnn2c1C. The zero-order chi connectivity index (χ0) is 17.7. The van der Waals surface area contributed by atoms with E-state index in [1.165, 1.54) is 13.3 Å². The van der Waals surface area contributed by atoms with E-state index in [9.17, 15) is 9.59 Å². The molecule has 0 aliphatic carbocycles. The van der Waals surface area contributed by atoms with Crippen molar-refractivity contribution < 1.29 is 14.3 Å². The minimum Gasteiger partial charge on any atom is -0.453 e. The van der Waals surface area contributed by atoms with E-state index < -0.39 is 12.1 Å². The van der Waals surface area contributed by atoms with Crippen LogP contribution in [0.15, 0.2) is 19.0 Å². The van der Waals surface area contributed by atoms with Gasteiger partial charge in [0.2, 0.25) is 0 Å². The van der Waals surface area contributed by atoms with Crippen molar-refractivity contribution in [2.75, 3.05) is 6.54 Å². The highest BCUT2D eigenvalue weighted by molar-refractivity contribution is 5.83. The van der Waals surface area contributed by atoms with E-state index in [4.69, 9.17) is 4.74 Å². The second-order valence-corrected chi connectivity index (χ2v) is 5.40. The molecule has 1 amide bonds. The van der Waals surface area contributed by atoms with E-state index in [0.717, 1.165) is 17.0 Å². The van der Waals surface area contributed by atoms with Crippen LogP contribution in [0.25, 0.3) is 5.78 Å².